The lowest BCUT2D eigenvalue weighted by molar-refractivity contribution is 0.0677. The minimum absolute atomic E-state index is 0.0125. The molecule has 4 nitrogen and oxygen atoms in total. The van der Waals surface area contributed by atoms with Gasteiger partial charge in [-0.1, -0.05) is 49.9 Å². The number of benzene rings is 2. The molecule has 0 N–H and O–H groups in total. The highest BCUT2D eigenvalue weighted by Gasteiger charge is 2.28. The molecule has 0 fully saturated rings. The highest BCUT2D eigenvalue weighted by molar-refractivity contribution is 5.96. The average molecular weight is 440 g/mol. The molecule has 5 rings (SSSR count). The van der Waals surface area contributed by atoms with Crippen molar-refractivity contribution in [2.75, 3.05) is 6.54 Å². The molecule has 1 amide bonds. The van der Waals surface area contributed by atoms with E-state index in [4.69, 9.17) is 0 Å². The van der Waals surface area contributed by atoms with Gasteiger partial charge in [-0.3, -0.25) is 4.79 Å². The first-order valence-electron chi connectivity index (χ1n) is 11.3. The van der Waals surface area contributed by atoms with Crippen molar-refractivity contribution in [3.63, 3.8) is 0 Å². The number of pyridine rings is 1. The van der Waals surface area contributed by atoms with E-state index in [0.717, 1.165) is 23.2 Å². The van der Waals surface area contributed by atoms with Crippen LogP contribution in [0.2, 0.25) is 0 Å². The summed E-state index contributed by atoms with van der Waals surface area (Å²) in [7, 11) is 0. The van der Waals surface area contributed by atoms with Gasteiger partial charge in [0.25, 0.3) is 5.91 Å². The van der Waals surface area contributed by atoms with Crippen LogP contribution in [0.4, 0.5) is 4.39 Å². The number of amides is 1. The van der Waals surface area contributed by atoms with Gasteiger partial charge in [-0.25, -0.2) is 8.91 Å². The minimum atomic E-state index is -0.342. The van der Waals surface area contributed by atoms with Crippen molar-refractivity contribution in [2.24, 2.45) is 0 Å². The molecular weight excluding hydrogens is 413 g/mol. The summed E-state index contributed by atoms with van der Waals surface area (Å²) in [5, 5.41) is 4.65. The smallest absolute Gasteiger partial charge is 0.254 e. The molecule has 0 saturated heterocycles. The van der Waals surface area contributed by atoms with E-state index in [1.165, 1.54) is 17.2 Å². The van der Waals surface area contributed by atoms with Crippen LogP contribution in [0.25, 0.3) is 22.9 Å². The van der Waals surface area contributed by atoms with E-state index in [1.807, 2.05) is 46.7 Å². The third kappa shape index (κ3) is 3.63. The zero-order valence-corrected chi connectivity index (χ0v) is 18.9. The van der Waals surface area contributed by atoms with Gasteiger partial charge in [0, 0.05) is 23.4 Å². The maximum absolute atomic E-state index is 14.7. The van der Waals surface area contributed by atoms with Crippen LogP contribution in [0.3, 0.4) is 0 Å². The van der Waals surface area contributed by atoms with E-state index in [9.17, 15) is 9.18 Å². The van der Waals surface area contributed by atoms with Gasteiger partial charge in [0.05, 0.1) is 17.3 Å². The molecule has 1 aliphatic heterocycles. The fourth-order valence-electron chi connectivity index (χ4n) is 4.76. The second-order valence-corrected chi connectivity index (χ2v) is 8.52. The summed E-state index contributed by atoms with van der Waals surface area (Å²) >= 11 is 0. The number of aryl methyl sites for hydroxylation is 1. The largest absolute Gasteiger partial charge is 0.332 e. The Labute approximate surface area is 193 Å². The molecule has 0 unspecified atom stereocenters. The SMILES string of the molecule is C=Cc1ccc(-c2cc3cc(C(=O)N4CCc5ccccc5[C@H]4C)cc(CC)n3n2)c(F)c1. The first kappa shape index (κ1) is 21.1. The van der Waals surface area contributed by atoms with E-state index >= 15 is 0 Å². The molecule has 2 aromatic carbocycles. The maximum atomic E-state index is 14.7. The van der Waals surface area contributed by atoms with Gasteiger partial charge in [-0.2, -0.15) is 5.10 Å². The number of halogens is 1. The van der Waals surface area contributed by atoms with Crippen LogP contribution < -0.4 is 0 Å². The Balaban J connectivity index is 1.54. The second kappa shape index (κ2) is 8.32. The quantitative estimate of drug-likeness (QED) is 0.385. The summed E-state index contributed by atoms with van der Waals surface area (Å²) in [4.78, 5) is 15.5. The predicted octanol–water partition coefficient (Wildman–Crippen LogP) is 6.11. The zero-order valence-electron chi connectivity index (χ0n) is 18.9. The summed E-state index contributed by atoms with van der Waals surface area (Å²) in [5.74, 6) is -0.329. The molecule has 4 aromatic rings. The van der Waals surface area contributed by atoms with Crippen molar-refractivity contribution in [1.82, 2.24) is 14.5 Å². The molecule has 0 radical (unpaired) electrons. The van der Waals surface area contributed by atoms with E-state index < -0.39 is 0 Å². The Hall–Kier alpha value is -3.73. The topological polar surface area (TPSA) is 37.6 Å². The standard InChI is InChI=1S/C28H26FN3O/c1-4-19-10-11-25(26(29)14-19)27-17-23-16-21(15-22(5-2)32(23)30-27)28(33)31-13-12-20-8-6-7-9-24(20)18(31)3/h4,6-11,14-18H,1,5,12-13H2,2-3H3/t18-/m1/s1. The molecule has 0 aliphatic carbocycles. The van der Waals surface area contributed by atoms with E-state index in [1.54, 1.807) is 12.1 Å². The molecule has 33 heavy (non-hydrogen) atoms. The van der Waals surface area contributed by atoms with E-state index in [2.05, 4.69) is 36.8 Å². The summed E-state index contributed by atoms with van der Waals surface area (Å²) < 4.78 is 16.5. The van der Waals surface area contributed by atoms with Gasteiger partial charge >= 0.3 is 0 Å². The fourth-order valence-corrected chi connectivity index (χ4v) is 4.76. The summed E-state index contributed by atoms with van der Waals surface area (Å²) in [6.45, 7) is 8.50. The first-order valence-corrected chi connectivity index (χ1v) is 11.3. The van der Waals surface area contributed by atoms with Gasteiger partial charge in [0.15, 0.2) is 0 Å². The Morgan fingerprint density at radius 3 is 2.76 bits per heavy atom. The van der Waals surface area contributed by atoms with Crippen molar-refractivity contribution in [3.05, 3.63) is 101 Å². The van der Waals surface area contributed by atoms with Crippen molar-refractivity contribution < 1.29 is 9.18 Å². The van der Waals surface area contributed by atoms with Crippen LogP contribution in [-0.2, 0) is 12.8 Å². The maximum Gasteiger partial charge on any atom is 0.254 e. The molecule has 166 valence electrons. The normalized spacial score (nSPS) is 15.5. The number of fused-ring (bicyclic) bond motifs is 2. The van der Waals surface area contributed by atoms with Crippen molar-refractivity contribution in [1.29, 1.82) is 0 Å². The van der Waals surface area contributed by atoms with Crippen molar-refractivity contribution >= 4 is 17.5 Å². The van der Waals surface area contributed by atoms with Gasteiger partial charge in [0.2, 0.25) is 0 Å². The lowest BCUT2D eigenvalue weighted by Gasteiger charge is -2.35. The Morgan fingerprint density at radius 1 is 1.18 bits per heavy atom. The van der Waals surface area contributed by atoms with Crippen molar-refractivity contribution in [3.8, 4) is 11.3 Å². The number of carbonyl (C=O) groups excluding carboxylic acids is 1. The molecule has 2 aromatic heterocycles. The highest BCUT2D eigenvalue weighted by Crippen LogP contribution is 2.31. The zero-order chi connectivity index (χ0) is 23.1. The summed E-state index contributed by atoms with van der Waals surface area (Å²) in [5.41, 5.74) is 6.55. The van der Waals surface area contributed by atoms with E-state index in [-0.39, 0.29) is 17.8 Å². The Morgan fingerprint density at radius 2 is 2.00 bits per heavy atom. The number of hydrogen-bond acceptors (Lipinski definition) is 2. The average Bonchev–Trinajstić information content (AvgIpc) is 3.27. The van der Waals surface area contributed by atoms with Gasteiger partial charge in [-0.15, -0.1) is 0 Å². The second-order valence-electron chi connectivity index (χ2n) is 8.52. The lowest BCUT2D eigenvalue weighted by atomic mass is 9.93. The lowest BCUT2D eigenvalue weighted by Crippen LogP contribution is -2.38. The van der Waals surface area contributed by atoms with Crippen molar-refractivity contribution in [2.45, 2.75) is 32.7 Å². The van der Waals surface area contributed by atoms with Crippen LogP contribution in [-0.4, -0.2) is 27.0 Å². The Kier molecular flexibility index (Phi) is 5.33. The van der Waals surface area contributed by atoms with Crippen LogP contribution in [0.15, 0.2) is 67.2 Å². The molecule has 3 heterocycles. The number of rotatable bonds is 4. The molecule has 0 saturated carbocycles. The van der Waals surface area contributed by atoms with Crippen LogP contribution >= 0.6 is 0 Å². The number of hydrogen-bond donors (Lipinski definition) is 0. The molecule has 1 aliphatic rings. The summed E-state index contributed by atoms with van der Waals surface area (Å²) in [6, 6.07) is 19.0. The summed E-state index contributed by atoms with van der Waals surface area (Å²) in [6.07, 6.45) is 3.17. The van der Waals surface area contributed by atoms with E-state index in [0.29, 0.717) is 29.8 Å². The third-order valence-electron chi connectivity index (χ3n) is 6.60. The molecule has 1 atom stereocenters. The highest BCUT2D eigenvalue weighted by atomic mass is 19.1. The number of carbonyl (C=O) groups is 1. The van der Waals surface area contributed by atoms with Gasteiger partial charge < -0.3 is 4.90 Å². The monoisotopic (exact) mass is 439 g/mol. The van der Waals surface area contributed by atoms with Gasteiger partial charge in [-0.05, 0) is 66.8 Å². The fraction of sp³-hybridized carbons (Fsp3) is 0.214. The number of nitrogens with zero attached hydrogens (tertiary/aromatic N) is 3. The van der Waals surface area contributed by atoms with Crippen LogP contribution in [0.1, 0.15) is 52.6 Å². The molecule has 0 bridgehead atoms. The molecular formula is C28H26FN3O. The predicted molar refractivity (Wildman–Crippen MR) is 130 cm³/mol. The third-order valence-corrected chi connectivity index (χ3v) is 6.60. The van der Waals surface area contributed by atoms with Crippen LogP contribution in [0, 0.1) is 5.82 Å². The molecule has 5 heteroatoms. The minimum Gasteiger partial charge on any atom is -0.332 e. The molecule has 0 spiro atoms. The van der Waals surface area contributed by atoms with Gasteiger partial charge in [0.1, 0.15) is 5.82 Å². The van der Waals surface area contributed by atoms with Crippen LogP contribution in [0.5, 0.6) is 0 Å². The number of aromatic nitrogens is 2. The Bertz CT molecular complexity index is 1390. The first-order chi connectivity index (χ1) is 16.0.